The van der Waals surface area contributed by atoms with Crippen molar-refractivity contribution >= 4 is 39.9 Å². The Morgan fingerprint density at radius 2 is 1.79 bits per heavy atom. The highest BCUT2D eigenvalue weighted by Crippen LogP contribution is 2.29. The lowest BCUT2D eigenvalue weighted by atomic mass is 10.1. The van der Waals surface area contributed by atoms with Crippen LogP contribution in [0.2, 0.25) is 0 Å². The summed E-state index contributed by atoms with van der Waals surface area (Å²) in [4.78, 5) is 13.0. The summed E-state index contributed by atoms with van der Waals surface area (Å²) in [5, 5.41) is 8.97. The molecule has 2 aromatic rings. The quantitative estimate of drug-likeness (QED) is 0.832. The van der Waals surface area contributed by atoms with Crippen molar-refractivity contribution in [2.24, 2.45) is 0 Å². The number of carbonyl (C=O) groups is 1. The van der Waals surface area contributed by atoms with Crippen LogP contribution in [0.25, 0.3) is 0 Å². The minimum absolute atomic E-state index is 0.311. The number of aromatic carboxylic acids is 1. The van der Waals surface area contributed by atoms with Gasteiger partial charge in [0.05, 0.1) is 11.3 Å². The minimum atomic E-state index is -0.901. The molecular formula is C15H14INO2. The molecule has 3 nitrogen and oxygen atoms in total. The molecule has 0 radical (unpaired) electrons. The van der Waals surface area contributed by atoms with Gasteiger partial charge in [0.15, 0.2) is 0 Å². The average molecular weight is 367 g/mol. The molecule has 2 aromatic carbocycles. The fraction of sp³-hybridized carbons (Fsp3) is 0.133. The van der Waals surface area contributed by atoms with E-state index in [4.69, 9.17) is 5.11 Å². The van der Waals surface area contributed by atoms with E-state index in [9.17, 15) is 4.79 Å². The van der Waals surface area contributed by atoms with Gasteiger partial charge >= 0.3 is 5.97 Å². The SMILES string of the molecule is Cc1ccc(N(C)c2ccc(C(=O)O)cc2I)cc1. The smallest absolute Gasteiger partial charge is 0.335 e. The van der Waals surface area contributed by atoms with Crippen LogP contribution >= 0.6 is 22.6 Å². The highest BCUT2D eigenvalue weighted by molar-refractivity contribution is 14.1. The van der Waals surface area contributed by atoms with Crippen molar-refractivity contribution < 1.29 is 9.90 Å². The Hall–Kier alpha value is -1.56. The number of nitrogens with zero attached hydrogens (tertiary/aromatic N) is 1. The largest absolute Gasteiger partial charge is 0.478 e. The van der Waals surface area contributed by atoms with Crippen LogP contribution in [0.5, 0.6) is 0 Å². The summed E-state index contributed by atoms with van der Waals surface area (Å²) in [6.45, 7) is 2.05. The third kappa shape index (κ3) is 3.07. The Morgan fingerprint density at radius 1 is 1.16 bits per heavy atom. The first-order valence-electron chi connectivity index (χ1n) is 5.82. The summed E-state index contributed by atoms with van der Waals surface area (Å²) in [6.07, 6.45) is 0. The molecule has 0 aliphatic heterocycles. The summed E-state index contributed by atoms with van der Waals surface area (Å²) in [6, 6.07) is 13.4. The van der Waals surface area contributed by atoms with E-state index in [1.807, 2.05) is 18.0 Å². The van der Waals surface area contributed by atoms with E-state index in [1.165, 1.54) is 5.56 Å². The molecule has 0 unspecified atom stereocenters. The molecule has 1 N–H and O–H groups in total. The predicted molar refractivity (Wildman–Crippen MR) is 85.4 cm³/mol. The summed E-state index contributed by atoms with van der Waals surface area (Å²) >= 11 is 2.16. The molecule has 0 amide bonds. The van der Waals surface area contributed by atoms with Crippen molar-refractivity contribution in [3.8, 4) is 0 Å². The number of carboxylic acid groups (broad SMARTS) is 1. The maximum atomic E-state index is 10.9. The molecule has 4 heteroatoms. The summed E-state index contributed by atoms with van der Waals surface area (Å²) in [5.74, 6) is -0.901. The second-order valence-corrected chi connectivity index (χ2v) is 5.53. The van der Waals surface area contributed by atoms with Crippen molar-refractivity contribution in [1.82, 2.24) is 0 Å². The maximum Gasteiger partial charge on any atom is 0.335 e. The molecule has 0 aromatic heterocycles. The summed E-state index contributed by atoms with van der Waals surface area (Å²) in [7, 11) is 1.97. The number of halogens is 1. The van der Waals surface area contributed by atoms with Crippen LogP contribution in [0.3, 0.4) is 0 Å². The molecule has 2 rings (SSSR count). The van der Waals surface area contributed by atoms with E-state index in [0.29, 0.717) is 5.56 Å². The molecule has 0 aliphatic carbocycles. The Bertz CT molecular complexity index is 608. The Kier molecular flexibility index (Phi) is 4.09. The minimum Gasteiger partial charge on any atom is -0.478 e. The Morgan fingerprint density at radius 3 is 2.32 bits per heavy atom. The zero-order valence-electron chi connectivity index (χ0n) is 10.7. The van der Waals surface area contributed by atoms with Gasteiger partial charge in [-0.1, -0.05) is 17.7 Å². The zero-order chi connectivity index (χ0) is 14.0. The molecule has 0 fully saturated rings. The van der Waals surface area contributed by atoms with Gasteiger partial charge in [-0.05, 0) is 59.8 Å². The molecule has 0 bridgehead atoms. The van der Waals surface area contributed by atoms with E-state index >= 15 is 0 Å². The number of rotatable bonds is 3. The van der Waals surface area contributed by atoms with Crippen molar-refractivity contribution in [1.29, 1.82) is 0 Å². The molecule has 0 heterocycles. The van der Waals surface area contributed by atoms with Gasteiger partial charge in [0.2, 0.25) is 0 Å². The third-order valence-corrected chi connectivity index (χ3v) is 3.84. The highest BCUT2D eigenvalue weighted by atomic mass is 127. The number of anilines is 2. The third-order valence-electron chi connectivity index (χ3n) is 2.98. The van der Waals surface area contributed by atoms with Crippen LogP contribution in [0.1, 0.15) is 15.9 Å². The molecule has 0 atom stereocenters. The van der Waals surface area contributed by atoms with Crippen LogP contribution in [-0.4, -0.2) is 18.1 Å². The molecule has 0 saturated heterocycles. The van der Waals surface area contributed by atoms with Gasteiger partial charge < -0.3 is 10.0 Å². The first kappa shape index (κ1) is 13.9. The second-order valence-electron chi connectivity index (χ2n) is 4.37. The van der Waals surface area contributed by atoms with Gasteiger partial charge in [-0.25, -0.2) is 4.79 Å². The van der Waals surface area contributed by atoms with Gasteiger partial charge in [-0.2, -0.15) is 0 Å². The topological polar surface area (TPSA) is 40.5 Å². The van der Waals surface area contributed by atoms with Crippen molar-refractivity contribution in [2.75, 3.05) is 11.9 Å². The van der Waals surface area contributed by atoms with Crippen molar-refractivity contribution in [2.45, 2.75) is 6.92 Å². The van der Waals surface area contributed by atoms with Crippen molar-refractivity contribution in [3.05, 3.63) is 57.2 Å². The van der Waals surface area contributed by atoms with Gasteiger partial charge in [-0.3, -0.25) is 0 Å². The summed E-state index contributed by atoms with van der Waals surface area (Å²) in [5.41, 5.74) is 3.60. The number of hydrogen-bond acceptors (Lipinski definition) is 2. The van der Waals surface area contributed by atoms with E-state index in [2.05, 4.69) is 53.8 Å². The monoisotopic (exact) mass is 367 g/mol. The van der Waals surface area contributed by atoms with Crippen LogP contribution < -0.4 is 4.90 Å². The van der Waals surface area contributed by atoms with Crippen LogP contribution in [0, 0.1) is 10.5 Å². The first-order valence-corrected chi connectivity index (χ1v) is 6.90. The van der Waals surface area contributed by atoms with E-state index in [0.717, 1.165) is 14.9 Å². The van der Waals surface area contributed by atoms with E-state index in [-0.39, 0.29) is 0 Å². The lowest BCUT2D eigenvalue weighted by molar-refractivity contribution is 0.0697. The first-order chi connectivity index (χ1) is 8.99. The fourth-order valence-electron chi connectivity index (χ4n) is 1.82. The number of aryl methyl sites for hydroxylation is 1. The normalized spacial score (nSPS) is 10.3. The van der Waals surface area contributed by atoms with Gasteiger partial charge in [0, 0.05) is 16.3 Å². The zero-order valence-corrected chi connectivity index (χ0v) is 12.9. The molecule has 0 saturated carbocycles. The van der Waals surface area contributed by atoms with Crippen molar-refractivity contribution in [3.63, 3.8) is 0 Å². The highest BCUT2D eigenvalue weighted by Gasteiger charge is 2.11. The molecule has 98 valence electrons. The number of carboxylic acids is 1. The molecule has 0 spiro atoms. The number of benzene rings is 2. The van der Waals surface area contributed by atoms with E-state index in [1.54, 1.807) is 12.1 Å². The standard InChI is InChI=1S/C15H14INO2/c1-10-3-6-12(7-4-10)17(2)14-8-5-11(15(18)19)9-13(14)16/h3-9H,1-2H3,(H,18,19). The second kappa shape index (κ2) is 5.61. The Balaban J connectivity index is 2.36. The average Bonchev–Trinajstić information content (AvgIpc) is 2.38. The lowest BCUT2D eigenvalue weighted by Gasteiger charge is -2.21. The molecule has 0 aliphatic rings. The van der Waals surface area contributed by atoms with Crippen LogP contribution in [0.4, 0.5) is 11.4 Å². The van der Waals surface area contributed by atoms with Gasteiger partial charge in [0.1, 0.15) is 0 Å². The fourth-order valence-corrected chi connectivity index (χ4v) is 2.70. The Labute approximate surface area is 126 Å². The number of hydrogen-bond donors (Lipinski definition) is 1. The van der Waals surface area contributed by atoms with Gasteiger partial charge in [0.25, 0.3) is 0 Å². The lowest BCUT2D eigenvalue weighted by Crippen LogP contribution is -2.11. The van der Waals surface area contributed by atoms with E-state index < -0.39 is 5.97 Å². The molecule has 19 heavy (non-hydrogen) atoms. The summed E-state index contributed by atoms with van der Waals surface area (Å²) < 4.78 is 0.917. The van der Waals surface area contributed by atoms with Crippen LogP contribution in [0.15, 0.2) is 42.5 Å². The maximum absolute atomic E-state index is 10.9. The van der Waals surface area contributed by atoms with Gasteiger partial charge in [-0.15, -0.1) is 0 Å². The predicted octanol–water partition coefficient (Wildman–Crippen LogP) is 4.07. The van der Waals surface area contributed by atoms with Crippen LogP contribution in [-0.2, 0) is 0 Å². The molecular weight excluding hydrogens is 353 g/mol.